The van der Waals surface area contributed by atoms with Gasteiger partial charge in [0.1, 0.15) is 11.5 Å². The molecule has 0 aromatic heterocycles. The van der Waals surface area contributed by atoms with Gasteiger partial charge in [0.15, 0.2) is 6.61 Å². The lowest BCUT2D eigenvalue weighted by Gasteiger charge is -2.17. The van der Waals surface area contributed by atoms with Gasteiger partial charge in [0.25, 0.3) is 5.91 Å². The lowest BCUT2D eigenvalue weighted by Crippen LogP contribution is -2.22. The van der Waals surface area contributed by atoms with Crippen LogP contribution in [0.1, 0.15) is 17.2 Å². The molecule has 136 valence electrons. The van der Waals surface area contributed by atoms with E-state index >= 15 is 0 Å². The molecule has 0 bridgehead atoms. The molecule has 1 amide bonds. The Balaban J connectivity index is 1.42. The zero-order valence-corrected chi connectivity index (χ0v) is 14.7. The first-order valence-electron chi connectivity index (χ1n) is 8.84. The summed E-state index contributed by atoms with van der Waals surface area (Å²) in [4.78, 5) is 12.3. The number of ether oxygens (including phenoxy) is 1. The van der Waals surface area contributed by atoms with Gasteiger partial charge in [0.05, 0.1) is 6.04 Å². The molecule has 1 heterocycles. The molecule has 5 nitrogen and oxygen atoms in total. The van der Waals surface area contributed by atoms with Gasteiger partial charge in [-0.25, -0.2) is 0 Å². The van der Waals surface area contributed by atoms with E-state index < -0.39 is 0 Å². The van der Waals surface area contributed by atoms with Crippen molar-refractivity contribution in [3.63, 3.8) is 0 Å². The molecule has 1 unspecified atom stereocenters. The summed E-state index contributed by atoms with van der Waals surface area (Å²) in [6.45, 7) is -0.0998. The summed E-state index contributed by atoms with van der Waals surface area (Å²) < 4.78 is 5.47. The number of rotatable bonds is 5. The second-order valence-electron chi connectivity index (χ2n) is 6.48. The van der Waals surface area contributed by atoms with Crippen molar-refractivity contribution in [1.82, 2.24) is 0 Å². The van der Waals surface area contributed by atoms with Crippen molar-refractivity contribution in [3.05, 3.63) is 83.9 Å². The number of carbonyl (C=O) groups is 1. The zero-order chi connectivity index (χ0) is 18.6. The minimum atomic E-state index is -0.231. The largest absolute Gasteiger partial charge is 0.508 e. The van der Waals surface area contributed by atoms with Crippen molar-refractivity contribution < 1.29 is 14.6 Å². The molecule has 27 heavy (non-hydrogen) atoms. The lowest BCUT2D eigenvalue weighted by atomic mass is 10.0. The zero-order valence-electron chi connectivity index (χ0n) is 14.7. The monoisotopic (exact) mass is 360 g/mol. The van der Waals surface area contributed by atoms with Crippen LogP contribution in [0.4, 0.5) is 11.4 Å². The summed E-state index contributed by atoms with van der Waals surface area (Å²) in [5.41, 5.74) is 4.24. The third-order valence-electron chi connectivity index (χ3n) is 4.59. The molecule has 1 aliphatic heterocycles. The summed E-state index contributed by atoms with van der Waals surface area (Å²) in [7, 11) is 0. The molecule has 0 aliphatic carbocycles. The van der Waals surface area contributed by atoms with Crippen LogP contribution in [0.3, 0.4) is 0 Å². The Morgan fingerprint density at radius 3 is 2.59 bits per heavy atom. The van der Waals surface area contributed by atoms with Gasteiger partial charge in [0, 0.05) is 11.4 Å². The van der Waals surface area contributed by atoms with E-state index in [0.29, 0.717) is 5.75 Å². The van der Waals surface area contributed by atoms with Gasteiger partial charge in [-0.2, -0.15) is 0 Å². The summed E-state index contributed by atoms with van der Waals surface area (Å²) >= 11 is 0. The van der Waals surface area contributed by atoms with Crippen LogP contribution in [0.5, 0.6) is 11.5 Å². The van der Waals surface area contributed by atoms with Crippen molar-refractivity contribution in [1.29, 1.82) is 0 Å². The first-order valence-corrected chi connectivity index (χ1v) is 8.84. The number of hydrogen-bond acceptors (Lipinski definition) is 4. The van der Waals surface area contributed by atoms with E-state index in [1.807, 2.05) is 36.4 Å². The Bertz CT molecular complexity index is 929. The predicted molar refractivity (Wildman–Crippen MR) is 105 cm³/mol. The third-order valence-corrected chi connectivity index (χ3v) is 4.59. The van der Waals surface area contributed by atoms with Gasteiger partial charge in [-0.3, -0.25) is 4.79 Å². The quantitative estimate of drug-likeness (QED) is 0.640. The number of nitrogens with one attached hydrogen (secondary N) is 2. The average Bonchev–Trinajstić information content (AvgIpc) is 3.12. The van der Waals surface area contributed by atoms with E-state index in [1.165, 1.54) is 17.7 Å². The first-order chi connectivity index (χ1) is 13.2. The molecular weight excluding hydrogens is 340 g/mol. The summed E-state index contributed by atoms with van der Waals surface area (Å²) in [6.07, 6.45) is 0.882. The molecule has 5 heteroatoms. The number of hydrogen-bond donors (Lipinski definition) is 3. The fourth-order valence-corrected chi connectivity index (χ4v) is 3.28. The van der Waals surface area contributed by atoms with Crippen LogP contribution in [-0.2, 0) is 11.2 Å². The molecule has 1 atom stereocenters. The van der Waals surface area contributed by atoms with Gasteiger partial charge in [-0.05, 0) is 53.9 Å². The second-order valence-corrected chi connectivity index (χ2v) is 6.48. The Kier molecular flexibility index (Phi) is 4.66. The maximum Gasteiger partial charge on any atom is 0.262 e. The molecule has 0 spiro atoms. The molecular formula is C22H20N2O3. The number of fused-ring (bicyclic) bond motifs is 1. The van der Waals surface area contributed by atoms with Crippen LogP contribution < -0.4 is 15.4 Å². The van der Waals surface area contributed by atoms with Crippen LogP contribution in [0.15, 0.2) is 72.8 Å². The summed E-state index contributed by atoms with van der Waals surface area (Å²) in [6, 6.07) is 22.5. The highest BCUT2D eigenvalue weighted by molar-refractivity contribution is 5.92. The van der Waals surface area contributed by atoms with Gasteiger partial charge in [-0.1, -0.05) is 36.4 Å². The van der Waals surface area contributed by atoms with Gasteiger partial charge >= 0.3 is 0 Å². The van der Waals surface area contributed by atoms with Crippen LogP contribution in [-0.4, -0.2) is 17.6 Å². The molecule has 3 aromatic carbocycles. The van der Waals surface area contributed by atoms with E-state index in [4.69, 9.17) is 4.74 Å². The van der Waals surface area contributed by atoms with Crippen molar-refractivity contribution in [2.24, 2.45) is 0 Å². The van der Waals surface area contributed by atoms with E-state index in [9.17, 15) is 9.90 Å². The summed E-state index contributed by atoms with van der Waals surface area (Å²) in [5, 5.41) is 15.8. The number of carbonyl (C=O) groups excluding carboxylic acids is 1. The lowest BCUT2D eigenvalue weighted by molar-refractivity contribution is -0.118. The molecule has 0 saturated carbocycles. The number of benzene rings is 3. The minimum Gasteiger partial charge on any atom is -0.508 e. The molecule has 0 saturated heterocycles. The second kappa shape index (κ2) is 7.41. The highest BCUT2D eigenvalue weighted by Crippen LogP contribution is 2.36. The Hall–Kier alpha value is -3.47. The van der Waals surface area contributed by atoms with Gasteiger partial charge in [0.2, 0.25) is 0 Å². The van der Waals surface area contributed by atoms with E-state index in [1.54, 1.807) is 12.1 Å². The SMILES string of the molecule is O=C(COc1ccc(O)cc1)Nc1ccccc1C1Cc2ccccc2N1. The number of aromatic hydroxyl groups is 1. The van der Waals surface area contributed by atoms with Gasteiger partial charge in [-0.15, -0.1) is 0 Å². The summed E-state index contributed by atoms with van der Waals surface area (Å²) in [5.74, 6) is 0.459. The van der Waals surface area contributed by atoms with E-state index in [-0.39, 0.29) is 24.3 Å². The highest BCUT2D eigenvalue weighted by atomic mass is 16.5. The fourth-order valence-electron chi connectivity index (χ4n) is 3.28. The van der Waals surface area contributed by atoms with Crippen LogP contribution >= 0.6 is 0 Å². The van der Waals surface area contributed by atoms with E-state index in [2.05, 4.69) is 22.8 Å². The molecule has 0 fully saturated rings. The number of phenolic OH excluding ortho intramolecular Hbond substituents is 1. The average molecular weight is 360 g/mol. The highest BCUT2D eigenvalue weighted by Gasteiger charge is 2.23. The first kappa shape index (κ1) is 17.0. The smallest absolute Gasteiger partial charge is 0.262 e. The molecule has 3 aromatic rings. The van der Waals surface area contributed by atoms with E-state index in [0.717, 1.165) is 23.4 Å². The topological polar surface area (TPSA) is 70.6 Å². The Morgan fingerprint density at radius 2 is 1.78 bits per heavy atom. The third kappa shape index (κ3) is 3.87. The van der Waals surface area contributed by atoms with Gasteiger partial charge < -0.3 is 20.5 Å². The number of para-hydroxylation sites is 2. The van der Waals surface area contributed by atoms with Crippen molar-refractivity contribution in [2.45, 2.75) is 12.5 Å². The fraction of sp³-hybridized carbons (Fsp3) is 0.136. The van der Waals surface area contributed by atoms with Crippen molar-refractivity contribution in [2.75, 3.05) is 17.2 Å². The standard InChI is InChI=1S/C22H20N2O3/c25-16-9-11-17(12-10-16)27-14-22(26)24-20-8-4-2-6-18(20)21-13-15-5-1-3-7-19(15)23-21/h1-12,21,23,25H,13-14H2,(H,24,26). The number of amides is 1. The minimum absolute atomic E-state index is 0.0998. The van der Waals surface area contributed by atoms with Crippen LogP contribution in [0.25, 0.3) is 0 Å². The van der Waals surface area contributed by atoms with Crippen LogP contribution in [0, 0.1) is 0 Å². The maximum atomic E-state index is 12.3. The Morgan fingerprint density at radius 1 is 1.04 bits per heavy atom. The number of phenols is 1. The van der Waals surface area contributed by atoms with Crippen molar-refractivity contribution >= 4 is 17.3 Å². The number of anilines is 2. The van der Waals surface area contributed by atoms with Crippen molar-refractivity contribution in [3.8, 4) is 11.5 Å². The molecule has 3 N–H and O–H groups in total. The van der Waals surface area contributed by atoms with Crippen LogP contribution in [0.2, 0.25) is 0 Å². The maximum absolute atomic E-state index is 12.3. The normalized spacial score (nSPS) is 14.9. The molecule has 4 rings (SSSR count). The molecule has 1 aliphatic rings. The Labute approximate surface area is 157 Å². The molecule has 0 radical (unpaired) electrons. The predicted octanol–water partition coefficient (Wildman–Crippen LogP) is 4.12.